The first kappa shape index (κ1) is 14.0. The number of aromatic nitrogens is 1. The Bertz CT molecular complexity index is 306. The van der Waals surface area contributed by atoms with E-state index in [4.69, 9.17) is 4.74 Å². The van der Waals surface area contributed by atoms with Crippen molar-refractivity contribution in [3.63, 3.8) is 0 Å². The van der Waals surface area contributed by atoms with Crippen molar-refractivity contribution in [1.29, 1.82) is 0 Å². The van der Waals surface area contributed by atoms with Crippen LogP contribution < -0.4 is 5.32 Å². The second kappa shape index (κ2) is 8.06. The lowest BCUT2D eigenvalue weighted by atomic mass is 10.3. The zero-order valence-electron chi connectivity index (χ0n) is 9.57. The summed E-state index contributed by atoms with van der Waals surface area (Å²) in [5.41, 5.74) is 0. The lowest BCUT2D eigenvalue weighted by Gasteiger charge is -2.16. The van der Waals surface area contributed by atoms with E-state index in [1.165, 1.54) is 0 Å². The van der Waals surface area contributed by atoms with E-state index < -0.39 is 0 Å². The number of nitrogens with zero attached hydrogens (tertiary/aromatic N) is 1. The number of methoxy groups -OCH3 is 1. The van der Waals surface area contributed by atoms with E-state index >= 15 is 0 Å². The van der Waals surface area contributed by atoms with E-state index in [0.717, 1.165) is 28.4 Å². The molecule has 0 fully saturated rings. The molecular weight excluding hydrogens is 288 g/mol. The van der Waals surface area contributed by atoms with Gasteiger partial charge in [-0.2, -0.15) is 0 Å². The van der Waals surface area contributed by atoms with Gasteiger partial charge in [0.15, 0.2) is 0 Å². The average Bonchev–Trinajstić information content (AvgIpc) is 2.28. The number of pyridine rings is 1. The van der Waals surface area contributed by atoms with Crippen molar-refractivity contribution < 1.29 is 4.74 Å². The maximum absolute atomic E-state index is 5.17. The molecule has 0 bridgehead atoms. The summed E-state index contributed by atoms with van der Waals surface area (Å²) in [7, 11) is 1.73. The Labute approximate surface area is 109 Å². The molecule has 1 aromatic heterocycles. The van der Waals surface area contributed by atoms with Gasteiger partial charge < -0.3 is 10.1 Å². The van der Waals surface area contributed by atoms with Crippen molar-refractivity contribution in [3.05, 3.63) is 22.8 Å². The zero-order chi connectivity index (χ0) is 11.8. The molecular formula is C11H17BrN2OS. The van der Waals surface area contributed by atoms with Crippen LogP contribution in [0.1, 0.15) is 6.92 Å². The molecule has 90 valence electrons. The third-order valence-electron chi connectivity index (χ3n) is 2.01. The molecule has 1 N–H and O–H groups in total. The van der Waals surface area contributed by atoms with Crippen molar-refractivity contribution in [1.82, 2.24) is 10.3 Å². The number of hydrogen-bond donors (Lipinski definition) is 1. The predicted molar refractivity (Wildman–Crippen MR) is 72.0 cm³/mol. The Kier molecular flexibility index (Phi) is 7.03. The fourth-order valence-corrected chi connectivity index (χ4v) is 2.83. The minimum absolute atomic E-state index is 0.369. The summed E-state index contributed by atoms with van der Waals surface area (Å²) in [5.74, 6) is 0.956. The van der Waals surface area contributed by atoms with Gasteiger partial charge in [-0.05, 0) is 34.6 Å². The quantitative estimate of drug-likeness (QED) is 0.785. The summed E-state index contributed by atoms with van der Waals surface area (Å²) in [5, 5.41) is 4.41. The highest BCUT2D eigenvalue weighted by atomic mass is 79.9. The number of thioether (sulfide) groups is 1. The fourth-order valence-electron chi connectivity index (χ4n) is 1.31. The highest BCUT2D eigenvalue weighted by molar-refractivity contribution is 9.10. The van der Waals surface area contributed by atoms with Gasteiger partial charge in [0.2, 0.25) is 0 Å². The Morgan fingerprint density at radius 1 is 1.62 bits per heavy atom. The highest BCUT2D eigenvalue weighted by Gasteiger charge is 2.09. The monoisotopic (exact) mass is 304 g/mol. The van der Waals surface area contributed by atoms with E-state index in [-0.39, 0.29) is 0 Å². The maximum atomic E-state index is 5.17. The molecule has 16 heavy (non-hydrogen) atoms. The summed E-state index contributed by atoms with van der Waals surface area (Å²) < 4.78 is 6.22. The molecule has 1 aromatic rings. The van der Waals surface area contributed by atoms with Gasteiger partial charge in [0.1, 0.15) is 5.03 Å². The van der Waals surface area contributed by atoms with Gasteiger partial charge in [0.25, 0.3) is 0 Å². The van der Waals surface area contributed by atoms with E-state index in [2.05, 4.69) is 33.2 Å². The molecule has 1 unspecified atom stereocenters. The lowest BCUT2D eigenvalue weighted by molar-refractivity contribution is 0.174. The molecule has 0 aliphatic heterocycles. The Morgan fingerprint density at radius 3 is 3.06 bits per heavy atom. The van der Waals surface area contributed by atoms with Gasteiger partial charge >= 0.3 is 0 Å². The summed E-state index contributed by atoms with van der Waals surface area (Å²) in [6.07, 6.45) is 1.81. The molecule has 0 saturated heterocycles. The van der Waals surface area contributed by atoms with Crippen LogP contribution in [0.3, 0.4) is 0 Å². The summed E-state index contributed by atoms with van der Waals surface area (Å²) in [6, 6.07) is 4.30. The van der Waals surface area contributed by atoms with Gasteiger partial charge in [-0.15, -0.1) is 11.8 Å². The largest absolute Gasteiger partial charge is 0.383 e. The molecule has 0 aromatic carbocycles. The molecule has 3 nitrogen and oxygen atoms in total. The predicted octanol–water partition coefficient (Wildman–Crippen LogP) is 2.56. The van der Waals surface area contributed by atoms with Gasteiger partial charge in [-0.3, -0.25) is 0 Å². The van der Waals surface area contributed by atoms with Crippen LogP contribution in [0.4, 0.5) is 0 Å². The molecule has 1 heterocycles. The maximum Gasteiger partial charge on any atom is 0.110 e. The van der Waals surface area contributed by atoms with Gasteiger partial charge in [-0.1, -0.05) is 6.92 Å². The van der Waals surface area contributed by atoms with Crippen LogP contribution in [0.25, 0.3) is 0 Å². The first-order chi connectivity index (χ1) is 7.77. The molecule has 0 amide bonds. The van der Waals surface area contributed by atoms with Crippen molar-refractivity contribution in [3.8, 4) is 0 Å². The summed E-state index contributed by atoms with van der Waals surface area (Å²) in [4.78, 5) is 4.32. The Hall–Kier alpha value is -0.100. The Morgan fingerprint density at radius 2 is 2.44 bits per heavy atom. The third kappa shape index (κ3) is 4.82. The number of halogens is 1. The first-order valence-electron chi connectivity index (χ1n) is 5.23. The van der Waals surface area contributed by atoms with Crippen molar-refractivity contribution in [2.45, 2.75) is 18.0 Å². The molecule has 5 heteroatoms. The standard InChI is InChI=1S/C11H17BrN2OS/c1-3-13-9(7-15-2)8-16-11-10(12)5-4-6-14-11/h4-6,9,13H,3,7-8H2,1-2H3. The molecule has 0 saturated carbocycles. The molecule has 0 spiro atoms. The van der Waals surface area contributed by atoms with Crippen LogP contribution in [-0.2, 0) is 4.74 Å². The van der Waals surface area contributed by atoms with E-state index in [1.54, 1.807) is 18.9 Å². The highest BCUT2D eigenvalue weighted by Crippen LogP contribution is 2.24. The minimum atomic E-state index is 0.369. The number of likely N-dealkylation sites (N-methyl/N-ethyl adjacent to an activating group) is 1. The molecule has 1 atom stereocenters. The first-order valence-corrected chi connectivity index (χ1v) is 7.01. The third-order valence-corrected chi connectivity index (χ3v) is 4.08. The van der Waals surface area contributed by atoms with E-state index in [1.807, 2.05) is 18.3 Å². The minimum Gasteiger partial charge on any atom is -0.383 e. The topological polar surface area (TPSA) is 34.1 Å². The van der Waals surface area contributed by atoms with Crippen LogP contribution in [-0.4, -0.2) is 37.0 Å². The fraction of sp³-hybridized carbons (Fsp3) is 0.545. The Balaban J connectivity index is 2.45. The van der Waals surface area contributed by atoms with E-state index in [0.29, 0.717) is 6.04 Å². The van der Waals surface area contributed by atoms with E-state index in [9.17, 15) is 0 Å². The number of ether oxygens (including phenoxy) is 1. The van der Waals surface area contributed by atoms with Gasteiger partial charge in [-0.25, -0.2) is 4.98 Å². The SMILES string of the molecule is CCNC(COC)CSc1ncccc1Br. The normalized spacial score (nSPS) is 12.7. The lowest BCUT2D eigenvalue weighted by Crippen LogP contribution is -2.35. The summed E-state index contributed by atoms with van der Waals surface area (Å²) in [6.45, 7) is 3.78. The number of rotatable bonds is 7. The second-order valence-electron chi connectivity index (χ2n) is 3.31. The number of nitrogens with one attached hydrogen (secondary N) is 1. The molecule has 0 aliphatic carbocycles. The molecule has 0 aliphatic rings. The molecule has 0 radical (unpaired) electrons. The van der Waals surface area contributed by atoms with Crippen LogP contribution in [0.2, 0.25) is 0 Å². The summed E-state index contributed by atoms with van der Waals surface area (Å²) >= 11 is 5.22. The van der Waals surface area contributed by atoms with Crippen LogP contribution in [0, 0.1) is 0 Å². The van der Waals surface area contributed by atoms with Crippen molar-refractivity contribution >= 4 is 27.7 Å². The van der Waals surface area contributed by atoms with Crippen molar-refractivity contribution in [2.24, 2.45) is 0 Å². The zero-order valence-corrected chi connectivity index (χ0v) is 12.0. The van der Waals surface area contributed by atoms with Crippen LogP contribution in [0.15, 0.2) is 27.8 Å². The molecule has 1 rings (SSSR count). The van der Waals surface area contributed by atoms with Crippen LogP contribution in [0.5, 0.6) is 0 Å². The smallest absolute Gasteiger partial charge is 0.110 e. The van der Waals surface area contributed by atoms with Crippen LogP contribution >= 0.6 is 27.7 Å². The van der Waals surface area contributed by atoms with Gasteiger partial charge in [0, 0.05) is 29.6 Å². The number of hydrogen-bond acceptors (Lipinski definition) is 4. The van der Waals surface area contributed by atoms with Gasteiger partial charge in [0.05, 0.1) is 6.61 Å². The average molecular weight is 305 g/mol. The second-order valence-corrected chi connectivity index (χ2v) is 5.17. The van der Waals surface area contributed by atoms with Crippen molar-refractivity contribution in [2.75, 3.05) is 26.0 Å².